The van der Waals surface area contributed by atoms with Crippen molar-refractivity contribution in [1.82, 2.24) is 0 Å². The van der Waals surface area contributed by atoms with E-state index in [1.165, 1.54) is 0 Å². The summed E-state index contributed by atoms with van der Waals surface area (Å²) in [6, 6.07) is 0. The molecule has 86 valence electrons. The van der Waals surface area contributed by atoms with Gasteiger partial charge in [0.2, 0.25) is 0 Å². The lowest BCUT2D eigenvalue weighted by atomic mass is 10.1. The number of hydrogen-bond acceptors (Lipinski definition) is 4. The summed E-state index contributed by atoms with van der Waals surface area (Å²) in [5.41, 5.74) is 0. The van der Waals surface area contributed by atoms with Crippen molar-refractivity contribution < 1.29 is 35.6 Å². The largest absolute Gasteiger partial charge is 0.744 e. The molecule has 0 fully saturated rings. The number of aliphatic hydroxyl groups is 1. The van der Waals surface area contributed by atoms with Crippen molar-refractivity contribution in [2.24, 2.45) is 0 Å². The summed E-state index contributed by atoms with van der Waals surface area (Å²) in [6.45, 7) is 0. The Labute approximate surface area is 81.3 Å². The van der Waals surface area contributed by atoms with Crippen LogP contribution >= 0.6 is 0 Å². The minimum absolute atomic E-state index is 1.91. The molecule has 0 radical (unpaired) electrons. The molecule has 1 N–H and O–H groups in total. The first-order valence-corrected chi connectivity index (χ1v) is 4.81. The van der Waals surface area contributed by atoms with Crippen molar-refractivity contribution in [3.05, 3.63) is 22.3 Å². The number of hydrogen-bond donors (Lipinski definition) is 1. The molecule has 4 nitrogen and oxygen atoms in total. The van der Waals surface area contributed by atoms with Gasteiger partial charge in [0.25, 0.3) is 0 Å². The maximum Gasteiger partial charge on any atom is 0.200 e. The molecule has 1 rings (SSSR count). The fourth-order valence-electron chi connectivity index (χ4n) is 0.982. The third kappa shape index (κ3) is 1.84. The molecule has 9 heteroatoms. The Morgan fingerprint density at radius 3 is 2.00 bits per heavy atom. The van der Waals surface area contributed by atoms with E-state index in [9.17, 15) is 30.5 Å². The van der Waals surface area contributed by atoms with Crippen LogP contribution in [0.2, 0.25) is 0 Å². The standard InChI is InChI=1S/C6H4F4O4S/c7-1-3(9)6(15(12,13)14)4(10)2(8)5(1)11/h1,3,11H,(H,12,13,14)/p-1. The van der Waals surface area contributed by atoms with Crippen LogP contribution in [0.4, 0.5) is 17.6 Å². The highest BCUT2D eigenvalue weighted by Gasteiger charge is 2.42. The molecule has 0 heterocycles. The van der Waals surface area contributed by atoms with Crippen LogP contribution in [0, 0.1) is 0 Å². The second-order valence-corrected chi connectivity index (χ2v) is 3.98. The lowest BCUT2D eigenvalue weighted by Gasteiger charge is -2.23. The molecule has 0 aliphatic heterocycles. The van der Waals surface area contributed by atoms with Gasteiger partial charge < -0.3 is 9.66 Å². The number of halogens is 4. The van der Waals surface area contributed by atoms with E-state index in [1.54, 1.807) is 0 Å². The number of alkyl halides is 2. The summed E-state index contributed by atoms with van der Waals surface area (Å²) in [4.78, 5) is -2.18. The number of allylic oxidation sites excluding steroid dienone is 4. The van der Waals surface area contributed by atoms with Crippen molar-refractivity contribution in [3.63, 3.8) is 0 Å². The Bertz CT molecular complexity index is 452. The second-order valence-electron chi connectivity index (χ2n) is 2.64. The molecule has 0 amide bonds. The van der Waals surface area contributed by atoms with Gasteiger partial charge in [0.1, 0.15) is 15.0 Å². The van der Waals surface area contributed by atoms with Gasteiger partial charge >= 0.3 is 0 Å². The fraction of sp³-hybridized carbons (Fsp3) is 0.333. The van der Waals surface area contributed by atoms with Gasteiger partial charge in [-0.1, -0.05) is 0 Å². The van der Waals surface area contributed by atoms with Crippen LogP contribution in [-0.4, -0.2) is 30.4 Å². The first kappa shape index (κ1) is 12.0. The van der Waals surface area contributed by atoms with Crippen molar-refractivity contribution in [1.29, 1.82) is 0 Å². The Kier molecular flexibility index (Phi) is 2.79. The van der Waals surface area contributed by atoms with E-state index in [0.29, 0.717) is 0 Å². The van der Waals surface area contributed by atoms with Gasteiger partial charge in [-0.05, 0) is 0 Å². The molecular formula is C6H3F4O4S-. The molecule has 0 aromatic carbocycles. The molecular weight excluding hydrogens is 244 g/mol. The predicted octanol–water partition coefficient (Wildman–Crippen LogP) is 1.14. The minimum atomic E-state index is -5.66. The molecule has 2 unspecified atom stereocenters. The summed E-state index contributed by atoms with van der Waals surface area (Å²) >= 11 is 0. The van der Waals surface area contributed by atoms with Crippen molar-refractivity contribution in [3.8, 4) is 0 Å². The van der Waals surface area contributed by atoms with Gasteiger partial charge in [-0.25, -0.2) is 21.6 Å². The van der Waals surface area contributed by atoms with Crippen LogP contribution in [0.1, 0.15) is 0 Å². The van der Waals surface area contributed by atoms with E-state index < -0.39 is 44.8 Å². The third-order valence-corrected chi connectivity index (χ3v) is 2.61. The van der Waals surface area contributed by atoms with Gasteiger partial charge in [0.15, 0.2) is 29.8 Å². The van der Waals surface area contributed by atoms with Crippen LogP contribution < -0.4 is 0 Å². The zero-order valence-corrected chi connectivity index (χ0v) is 7.56. The summed E-state index contributed by atoms with van der Waals surface area (Å²) in [5.74, 6) is -6.60. The van der Waals surface area contributed by atoms with Crippen molar-refractivity contribution in [2.75, 3.05) is 0 Å². The molecule has 2 atom stereocenters. The average Bonchev–Trinajstić information content (AvgIpc) is 2.09. The lowest BCUT2D eigenvalue weighted by molar-refractivity contribution is 0.156. The van der Waals surface area contributed by atoms with Crippen molar-refractivity contribution >= 4 is 10.1 Å². The lowest BCUT2D eigenvalue weighted by Crippen LogP contribution is -2.31. The van der Waals surface area contributed by atoms with Crippen molar-refractivity contribution in [2.45, 2.75) is 12.3 Å². The van der Waals surface area contributed by atoms with Gasteiger partial charge in [0, 0.05) is 0 Å². The van der Waals surface area contributed by atoms with E-state index in [4.69, 9.17) is 5.11 Å². The van der Waals surface area contributed by atoms with E-state index in [2.05, 4.69) is 0 Å². The molecule has 1 aliphatic rings. The summed E-state index contributed by atoms with van der Waals surface area (Å²) < 4.78 is 81.5. The molecule has 15 heavy (non-hydrogen) atoms. The van der Waals surface area contributed by atoms with Crippen LogP contribution in [0.15, 0.2) is 22.3 Å². The first-order chi connectivity index (χ1) is 6.68. The predicted molar refractivity (Wildman–Crippen MR) is 38.4 cm³/mol. The molecule has 0 saturated heterocycles. The van der Waals surface area contributed by atoms with E-state index in [-0.39, 0.29) is 0 Å². The minimum Gasteiger partial charge on any atom is -0.744 e. The van der Waals surface area contributed by atoms with E-state index in [1.807, 2.05) is 0 Å². The van der Waals surface area contributed by atoms with Crippen LogP contribution in [-0.2, 0) is 10.1 Å². The van der Waals surface area contributed by atoms with E-state index in [0.717, 1.165) is 0 Å². The maximum atomic E-state index is 12.8. The Balaban J connectivity index is 3.49. The Morgan fingerprint density at radius 1 is 1.13 bits per heavy atom. The van der Waals surface area contributed by atoms with Crippen LogP contribution in [0.25, 0.3) is 0 Å². The van der Waals surface area contributed by atoms with Crippen LogP contribution in [0.3, 0.4) is 0 Å². The average molecular weight is 247 g/mol. The molecule has 0 bridgehead atoms. The second kappa shape index (κ2) is 3.49. The summed E-state index contributed by atoms with van der Waals surface area (Å²) in [5, 5.41) is 8.49. The molecule has 0 saturated carbocycles. The smallest absolute Gasteiger partial charge is 0.200 e. The summed E-state index contributed by atoms with van der Waals surface area (Å²) in [7, 11) is -5.66. The maximum absolute atomic E-state index is 12.8. The summed E-state index contributed by atoms with van der Waals surface area (Å²) in [6.07, 6.45) is -6.35. The fourth-order valence-corrected chi connectivity index (χ4v) is 1.69. The normalized spacial score (nSPS) is 28.6. The van der Waals surface area contributed by atoms with Gasteiger partial charge in [-0.3, -0.25) is 0 Å². The Hall–Kier alpha value is -1.09. The molecule has 0 aromatic rings. The molecule has 1 aliphatic carbocycles. The monoisotopic (exact) mass is 247 g/mol. The highest BCUT2D eigenvalue weighted by atomic mass is 32.2. The van der Waals surface area contributed by atoms with Crippen LogP contribution in [0.5, 0.6) is 0 Å². The topological polar surface area (TPSA) is 77.4 Å². The third-order valence-electron chi connectivity index (χ3n) is 1.67. The SMILES string of the molecule is O=S(=O)([O-])C1=C(F)C(F)=C(O)C(F)C1F. The molecule has 0 spiro atoms. The number of aliphatic hydroxyl groups excluding tert-OH is 1. The van der Waals surface area contributed by atoms with Gasteiger partial charge in [-0.15, -0.1) is 0 Å². The number of rotatable bonds is 1. The highest BCUT2D eigenvalue weighted by molar-refractivity contribution is 7.89. The molecule has 0 aromatic heterocycles. The highest BCUT2D eigenvalue weighted by Crippen LogP contribution is 2.36. The zero-order valence-electron chi connectivity index (χ0n) is 6.75. The zero-order chi connectivity index (χ0) is 12.0. The quantitative estimate of drug-likeness (QED) is 0.556. The van der Waals surface area contributed by atoms with Gasteiger partial charge in [-0.2, -0.15) is 4.39 Å². The Morgan fingerprint density at radius 2 is 1.60 bits per heavy atom. The van der Waals surface area contributed by atoms with E-state index >= 15 is 0 Å². The van der Waals surface area contributed by atoms with Gasteiger partial charge in [0.05, 0.1) is 0 Å². The first-order valence-electron chi connectivity index (χ1n) is 3.40.